The molecule has 3 aromatic carbocycles. The Bertz CT molecular complexity index is 848. The second kappa shape index (κ2) is 8.39. The lowest BCUT2D eigenvalue weighted by molar-refractivity contribution is 0.395. The molecule has 0 radical (unpaired) electrons. The van der Waals surface area contributed by atoms with Gasteiger partial charge in [0.15, 0.2) is 0 Å². The predicted molar refractivity (Wildman–Crippen MR) is 114 cm³/mol. The highest BCUT2D eigenvalue weighted by Crippen LogP contribution is 2.47. The molecule has 0 N–H and O–H groups in total. The van der Waals surface area contributed by atoms with E-state index in [-0.39, 0.29) is 5.92 Å². The highest BCUT2D eigenvalue weighted by Gasteiger charge is 2.30. The molecule has 0 aliphatic carbocycles. The van der Waals surface area contributed by atoms with Crippen LogP contribution in [0.15, 0.2) is 54.6 Å². The molecule has 0 atom stereocenters. The first-order valence-electron chi connectivity index (χ1n) is 9.44. The molecule has 0 aliphatic rings. The molecule has 3 nitrogen and oxygen atoms in total. The molecule has 0 heterocycles. The quantitative estimate of drug-likeness (QED) is 0.508. The van der Waals surface area contributed by atoms with E-state index in [0.717, 1.165) is 33.9 Å². The van der Waals surface area contributed by atoms with Gasteiger partial charge < -0.3 is 14.2 Å². The molecule has 0 aromatic heterocycles. The van der Waals surface area contributed by atoms with E-state index in [1.807, 2.05) is 36.4 Å². The molecule has 28 heavy (non-hydrogen) atoms. The van der Waals surface area contributed by atoms with Gasteiger partial charge in [-0.1, -0.05) is 36.4 Å². The van der Waals surface area contributed by atoms with Gasteiger partial charge in [-0.2, -0.15) is 0 Å². The third kappa shape index (κ3) is 3.45. The molecule has 0 saturated heterocycles. The zero-order chi connectivity index (χ0) is 20.3. The maximum absolute atomic E-state index is 5.80. The van der Waals surface area contributed by atoms with Crippen LogP contribution in [0.3, 0.4) is 0 Å². The maximum atomic E-state index is 5.80. The molecule has 0 amide bonds. The van der Waals surface area contributed by atoms with Crippen LogP contribution in [0.5, 0.6) is 17.2 Å². The Labute approximate surface area is 167 Å². The van der Waals surface area contributed by atoms with E-state index in [1.165, 1.54) is 16.7 Å². The van der Waals surface area contributed by atoms with E-state index in [1.54, 1.807) is 21.3 Å². The third-order valence-electron chi connectivity index (χ3n) is 5.38. The van der Waals surface area contributed by atoms with Crippen molar-refractivity contribution in [2.24, 2.45) is 0 Å². The van der Waals surface area contributed by atoms with Gasteiger partial charge in [-0.3, -0.25) is 0 Å². The van der Waals surface area contributed by atoms with Crippen LogP contribution in [0.1, 0.15) is 39.3 Å². The average Bonchev–Trinajstić information content (AvgIpc) is 2.70. The lowest BCUT2D eigenvalue weighted by Gasteiger charge is -2.28. The van der Waals surface area contributed by atoms with Crippen LogP contribution < -0.4 is 14.2 Å². The minimum absolute atomic E-state index is 0.0801. The molecule has 0 fully saturated rings. The molecule has 3 heteroatoms. The lowest BCUT2D eigenvalue weighted by atomic mass is 9.78. The first-order chi connectivity index (χ1) is 13.5. The number of ether oxygens (including phenoxy) is 3. The summed E-state index contributed by atoms with van der Waals surface area (Å²) in [4.78, 5) is 0. The van der Waals surface area contributed by atoms with Gasteiger partial charge in [-0.05, 0) is 55.7 Å². The maximum Gasteiger partial charge on any atom is 0.123 e. The van der Waals surface area contributed by atoms with Crippen molar-refractivity contribution in [3.63, 3.8) is 0 Å². The topological polar surface area (TPSA) is 27.7 Å². The number of hydrogen-bond donors (Lipinski definition) is 0. The van der Waals surface area contributed by atoms with E-state index in [4.69, 9.17) is 14.2 Å². The largest absolute Gasteiger partial charge is 0.496 e. The number of methoxy groups -OCH3 is 3. The summed E-state index contributed by atoms with van der Waals surface area (Å²) in [7, 11) is 5.17. The molecular weight excluding hydrogens is 348 g/mol. The number of hydrogen-bond acceptors (Lipinski definition) is 3. The molecule has 0 unspecified atom stereocenters. The summed E-state index contributed by atoms with van der Waals surface area (Å²) >= 11 is 0. The second-order valence-corrected chi connectivity index (χ2v) is 7.01. The molecule has 0 aliphatic heterocycles. The van der Waals surface area contributed by atoms with Crippen molar-refractivity contribution in [2.75, 3.05) is 21.3 Å². The minimum atomic E-state index is -0.0801. The predicted octanol–water partition coefficient (Wildman–Crippen LogP) is 5.82. The summed E-state index contributed by atoms with van der Waals surface area (Å²) in [5.74, 6) is 2.50. The number of benzene rings is 3. The van der Waals surface area contributed by atoms with Crippen molar-refractivity contribution < 1.29 is 14.2 Å². The Morgan fingerprint density at radius 3 is 1.04 bits per heavy atom. The lowest BCUT2D eigenvalue weighted by Crippen LogP contribution is -2.13. The van der Waals surface area contributed by atoms with Crippen molar-refractivity contribution in [1.82, 2.24) is 0 Å². The highest BCUT2D eigenvalue weighted by atomic mass is 16.5. The van der Waals surface area contributed by atoms with Gasteiger partial charge in [0.2, 0.25) is 0 Å². The van der Waals surface area contributed by atoms with Crippen molar-refractivity contribution in [1.29, 1.82) is 0 Å². The summed E-state index contributed by atoms with van der Waals surface area (Å²) < 4.78 is 17.4. The first-order valence-corrected chi connectivity index (χ1v) is 9.44. The Kier molecular flexibility index (Phi) is 5.93. The van der Waals surface area contributed by atoms with E-state index in [0.29, 0.717) is 0 Å². The zero-order valence-corrected chi connectivity index (χ0v) is 17.5. The van der Waals surface area contributed by atoms with Gasteiger partial charge in [0.1, 0.15) is 17.2 Å². The van der Waals surface area contributed by atoms with Crippen LogP contribution in [0, 0.1) is 20.8 Å². The fourth-order valence-electron chi connectivity index (χ4n) is 4.04. The summed E-state index contributed by atoms with van der Waals surface area (Å²) in [5, 5.41) is 0. The zero-order valence-electron chi connectivity index (χ0n) is 17.5. The molecule has 3 rings (SSSR count). The van der Waals surface area contributed by atoms with Gasteiger partial charge in [-0.15, -0.1) is 0 Å². The monoisotopic (exact) mass is 376 g/mol. The summed E-state index contributed by atoms with van der Waals surface area (Å²) in [6.45, 7) is 6.38. The van der Waals surface area contributed by atoms with Gasteiger partial charge in [-0.25, -0.2) is 0 Å². The SMILES string of the molecule is COc1cccc(C)c1C(c1c(C)cccc1OC)c1c(C)cccc1OC. The van der Waals surface area contributed by atoms with Crippen LogP contribution in [-0.2, 0) is 0 Å². The molecule has 3 aromatic rings. The number of aryl methyl sites for hydroxylation is 3. The molecule has 0 spiro atoms. The van der Waals surface area contributed by atoms with E-state index < -0.39 is 0 Å². The minimum Gasteiger partial charge on any atom is -0.496 e. The van der Waals surface area contributed by atoms with Crippen molar-refractivity contribution in [3.8, 4) is 17.2 Å². The Balaban J connectivity index is 2.46. The Morgan fingerprint density at radius 2 is 0.786 bits per heavy atom. The Hall–Kier alpha value is -2.94. The third-order valence-corrected chi connectivity index (χ3v) is 5.38. The normalized spacial score (nSPS) is 10.8. The van der Waals surface area contributed by atoms with Crippen molar-refractivity contribution >= 4 is 0 Å². The standard InChI is InChI=1S/C25H28O3/c1-16-10-7-13-19(26-4)22(16)25(23-17(2)11-8-14-20(23)27-5)24-18(3)12-9-15-21(24)28-6/h7-15,25H,1-6H3. The van der Waals surface area contributed by atoms with Crippen LogP contribution in [0.4, 0.5) is 0 Å². The van der Waals surface area contributed by atoms with Gasteiger partial charge in [0.25, 0.3) is 0 Å². The summed E-state index contributed by atoms with van der Waals surface area (Å²) in [6.07, 6.45) is 0. The molecule has 146 valence electrons. The van der Waals surface area contributed by atoms with Gasteiger partial charge in [0.05, 0.1) is 21.3 Å². The average molecular weight is 376 g/mol. The van der Waals surface area contributed by atoms with Crippen LogP contribution in [0.2, 0.25) is 0 Å². The molecule has 0 saturated carbocycles. The highest BCUT2D eigenvalue weighted by molar-refractivity contribution is 5.61. The van der Waals surface area contributed by atoms with Crippen LogP contribution >= 0.6 is 0 Å². The summed E-state index contributed by atoms with van der Waals surface area (Å²) in [6, 6.07) is 18.5. The number of rotatable bonds is 6. The van der Waals surface area contributed by atoms with Crippen LogP contribution in [-0.4, -0.2) is 21.3 Å². The van der Waals surface area contributed by atoms with Crippen molar-refractivity contribution in [3.05, 3.63) is 88.0 Å². The van der Waals surface area contributed by atoms with E-state index in [9.17, 15) is 0 Å². The summed E-state index contributed by atoms with van der Waals surface area (Å²) in [5.41, 5.74) is 6.89. The smallest absolute Gasteiger partial charge is 0.123 e. The van der Waals surface area contributed by atoms with Gasteiger partial charge >= 0.3 is 0 Å². The fraction of sp³-hybridized carbons (Fsp3) is 0.280. The molecule has 0 bridgehead atoms. The fourth-order valence-corrected chi connectivity index (χ4v) is 4.04. The Morgan fingerprint density at radius 1 is 0.500 bits per heavy atom. The first kappa shape index (κ1) is 19.8. The van der Waals surface area contributed by atoms with E-state index in [2.05, 4.69) is 39.0 Å². The van der Waals surface area contributed by atoms with Gasteiger partial charge in [0, 0.05) is 22.6 Å². The van der Waals surface area contributed by atoms with Crippen molar-refractivity contribution in [2.45, 2.75) is 26.7 Å². The van der Waals surface area contributed by atoms with E-state index >= 15 is 0 Å². The second-order valence-electron chi connectivity index (χ2n) is 7.01. The molecular formula is C25H28O3. The van der Waals surface area contributed by atoms with Crippen LogP contribution in [0.25, 0.3) is 0 Å².